The van der Waals surface area contributed by atoms with Gasteiger partial charge in [-0.15, -0.1) is 5.10 Å². The topological polar surface area (TPSA) is 110 Å². The van der Waals surface area contributed by atoms with Crippen molar-refractivity contribution >= 4 is 23.4 Å². The largest absolute Gasteiger partial charge is 0.447 e. The number of nitrogens with one attached hydrogen (secondary N) is 1. The molecule has 0 spiro atoms. The Morgan fingerprint density at radius 1 is 1.28 bits per heavy atom. The van der Waals surface area contributed by atoms with E-state index in [4.69, 9.17) is 16.3 Å². The van der Waals surface area contributed by atoms with Crippen LogP contribution in [0.1, 0.15) is 37.9 Å². The van der Waals surface area contributed by atoms with Gasteiger partial charge in [0.15, 0.2) is 5.54 Å². The maximum absolute atomic E-state index is 11.8. The highest BCUT2D eigenvalue weighted by Gasteiger charge is 2.38. The van der Waals surface area contributed by atoms with Crippen molar-refractivity contribution in [3.05, 3.63) is 35.1 Å². The van der Waals surface area contributed by atoms with Crippen molar-refractivity contribution in [1.82, 2.24) is 20.2 Å². The lowest BCUT2D eigenvalue weighted by Crippen LogP contribution is -2.71. The third-order valence-corrected chi connectivity index (χ3v) is 4.70. The second kappa shape index (κ2) is 7.79. The molecule has 0 radical (unpaired) electrons. The molecule has 0 aliphatic heterocycles. The monoisotopic (exact) mass is 365 g/mol. The average molecular weight is 366 g/mol. The second-order valence-corrected chi connectivity index (χ2v) is 6.77. The molecule has 1 amide bonds. The minimum Gasteiger partial charge on any atom is -0.447 e. The van der Waals surface area contributed by atoms with Gasteiger partial charge in [-0.25, -0.2) is 9.48 Å². The first-order valence-corrected chi connectivity index (χ1v) is 8.76. The normalized spacial score (nSPS) is 16.4. The number of halogens is 1. The Labute approximate surface area is 150 Å². The summed E-state index contributed by atoms with van der Waals surface area (Å²) in [5, 5.41) is 15.2. The molecule has 9 heteroatoms. The SMILES string of the molecule is [NH3+]C1(c2nnnn2CCOC(=O)Nc2ccc(Cl)cc2)CCCCC1. The first-order valence-electron chi connectivity index (χ1n) is 8.38. The maximum Gasteiger partial charge on any atom is 0.411 e. The van der Waals surface area contributed by atoms with Gasteiger partial charge in [0.25, 0.3) is 0 Å². The van der Waals surface area contributed by atoms with Crippen LogP contribution in [0.3, 0.4) is 0 Å². The molecule has 1 fully saturated rings. The minimum atomic E-state index is -0.529. The van der Waals surface area contributed by atoms with E-state index >= 15 is 0 Å². The van der Waals surface area contributed by atoms with Gasteiger partial charge in [-0.1, -0.05) is 18.0 Å². The predicted octanol–water partition coefficient (Wildman–Crippen LogP) is 1.98. The fraction of sp³-hybridized carbons (Fsp3) is 0.500. The number of rotatable bonds is 5. The smallest absolute Gasteiger partial charge is 0.411 e. The van der Waals surface area contributed by atoms with Crippen molar-refractivity contribution < 1.29 is 15.3 Å². The van der Waals surface area contributed by atoms with Crippen LogP contribution in [-0.4, -0.2) is 32.9 Å². The molecule has 1 heterocycles. The van der Waals surface area contributed by atoms with Crippen LogP contribution in [0.5, 0.6) is 0 Å². The number of hydrogen-bond donors (Lipinski definition) is 2. The van der Waals surface area contributed by atoms with E-state index in [0.717, 1.165) is 31.5 Å². The lowest BCUT2D eigenvalue weighted by molar-refractivity contribution is -0.498. The van der Waals surface area contributed by atoms with Gasteiger partial charge in [-0.05, 0) is 47.5 Å². The maximum atomic E-state index is 11.8. The molecule has 2 aromatic rings. The summed E-state index contributed by atoms with van der Waals surface area (Å²) in [4.78, 5) is 11.8. The highest BCUT2D eigenvalue weighted by atomic mass is 35.5. The molecule has 0 bridgehead atoms. The third-order valence-electron chi connectivity index (χ3n) is 4.44. The molecular formula is C16H22ClN6O2+. The molecular weight excluding hydrogens is 344 g/mol. The first kappa shape index (κ1) is 17.6. The zero-order valence-corrected chi connectivity index (χ0v) is 14.7. The molecule has 8 nitrogen and oxygen atoms in total. The number of benzene rings is 1. The van der Waals surface area contributed by atoms with Crippen LogP contribution in [0.15, 0.2) is 24.3 Å². The van der Waals surface area contributed by atoms with Gasteiger partial charge >= 0.3 is 6.09 Å². The van der Waals surface area contributed by atoms with E-state index in [2.05, 4.69) is 26.6 Å². The molecule has 3 rings (SSSR count). The number of tetrazole rings is 1. The van der Waals surface area contributed by atoms with E-state index in [9.17, 15) is 4.79 Å². The average Bonchev–Trinajstić information content (AvgIpc) is 3.07. The van der Waals surface area contributed by atoms with Crippen LogP contribution in [0.4, 0.5) is 10.5 Å². The zero-order valence-electron chi connectivity index (χ0n) is 13.9. The molecule has 0 saturated heterocycles. The summed E-state index contributed by atoms with van der Waals surface area (Å²) in [6.07, 6.45) is 4.93. The second-order valence-electron chi connectivity index (χ2n) is 6.33. The highest BCUT2D eigenvalue weighted by molar-refractivity contribution is 6.30. The van der Waals surface area contributed by atoms with Crippen LogP contribution >= 0.6 is 11.6 Å². The third kappa shape index (κ3) is 4.46. The van der Waals surface area contributed by atoms with E-state index in [-0.39, 0.29) is 12.1 Å². The number of hydrogen-bond acceptors (Lipinski definition) is 5. The van der Waals surface area contributed by atoms with E-state index in [1.807, 2.05) is 0 Å². The molecule has 25 heavy (non-hydrogen) atoms. The molecule has 4 N–H and O–H groups in total. The van der Waals surface area contributed by atoms with Gasteiger partial charge in [0.2, 0.25) is 5.82 Å². The summed E-state index contributed by atoms with van der Waals surface area (Å²) >= 11 is 5.81. The van der Waals surface area contributed by atoms with E-state index < -0.39 is 6.09 Å². The fourth-order valence-corrected chi connectivity index (χ4v) is 3.23. The predicted molar refractivity (Wildman–Crippen MR) is 91.9 cm³/mol. The summed E-state index contributed by atoms with van der Waals surface area (Å²) in [5.74, 6) is 0.772. The highest BCUT2D eigenvalue weighted by Crippen LogP contribution is 2.31. The van der Waals surface area contributed by atoms with Crippen molar-refractivity contribution in [2.75, 3.05) is 11.9 Å². The molecule has 1 saturated carbocycles. The lowest BCUT2D eigenvalue weighted by Gasteiger charge is -2.28. The van der Waals surface area contributed by atoms with Crippen LogP contribution in [0.25, 0.3) is 0 Å². The summed E-state index contributed by atoms with van der Waals surface area (Å²) in [5.41, 5.74) is 4.72. The minimum absolute atomic E-state index is 0.174. The number of aromatic nitrogens is 4. The lowest BCUT2D eigenvalue weighted by atomic mass is 9.82. The fourth-order valence-electron chi connectivity index (χ4n) is 3.10. The number of carbonyl (C=O) groups excluding carboxylic acids is 1. The Morgan fingerprint density at radius 3 is 2.72 bits per heavy atom. The Hall–Kier alpha value is -2.19. The van der Waals surface area contributed by atoms with E-state index in [1.165, 1.54) is 6.42 Å². The van der Waals surface area contributed by atoms with Crippen LogP contribution < -0.4 is 11.1 Å². The summed E-state index contributed by atoms with van der Waals surface area (Å²) in [6, 6.07) is 6.81. The molecule has 0 atom stereocenters. The molecule has 134 valence electrons. The molecule has 1 aliphatic rings. The standard InChI is InChI=1S/C16H21ClN6O2/c17-12-4-6-13(7-5-12)19-15(24)25-11-10-23-14(20-21-22-23)16(18)8-2-1-3-9-16/h4-7H,1-3,8-11,18H2,(H,19,24)/p+1. The van der Waals surface area contributed by atoms with Gasteiger partial charge < -0.3 is 10.5 Å². The van der Waals surface area contributed by atoms with Crippen LogP contribution in [0.2, 0.25) is 5.02 Å². The quantitative estimate of drug-likeness (QED) is 0.841. The summed E-state index contributed by atoms with van der Waals surface area (Å²) < 4.78 is 6.89. The molecule has 0 unspecified atom stereocenters. The van der Waals surface area contributed by atoms with Gasteiger partial charge in [-0.2, -0.15) is 0 Å². The number of quaternary nitrogens is 1. The van der Waals surface area contributed by atoms with Gasteiger partial charge in [-0.3, -0.25) is 5.32 Å². The van der Waals surface area contributed by atoms with Crippen molar-refractivity contribution in [3.8, 4) is 0 Å². The van der Waals surface area contributed by atoms with E-state index in [0.29, 0.717) is 17.3 Å². The first-order chi connectivity index (χ1) is 12.1. The Balaban J connectivity index is 1.51. The van der Waals surface area contributed by atoms with Crippen molar-refractivity contribution in [3.63, 3.8) is 0 Å². The number of nitrogens with zero attached hydrogens (tertiary/aromatic N) is 4. The summed E-state index contributed by atoms with van der Waals surface area (Å²) in [6.45, 7) is 0.571. The number of anilines is 1. The Morgan fingerprint density at radius 2 is 2.00 bits per heavy atom. The summed E-state index contributed by atoms with van der Waals surface area (Å²) in [7, 11) is 0. The Kier molecular flexibility index (Phi) is 5.50. The zero-order chi connectivity index (χ0) is 17.7. The number of carbonyl (C=O) groups is 1. The van der Waals surface area contributed by atoms with Crippen molar-refractivity contribution in [2.45, 2.75) is 44.2 Å². The molecule has 1 aromatic heterocycles. The van der Waals surface area contributed by atoms with Crippen LogP contribution in [-0.2, 0) is 16.8 Å². The van der Waals surface area contributed by atoms with Gasteiger partial charge in [0.1, 0.15) is 6.61 Å². The van der Waals surface area contributed by atoms with Crippen molar-refractivity contribution in [1.29, 1.82) is 0 Å². The number of ether oxygens (including phenoxy) is 1. The van der Waals surface area contributed by atoms with Crippen LogP contribution in [0, 0.1) is 0 Å². The van der Waals surface area contributed by atoms with E-state index in [1.54, 1.807) is 28.9 Å². The number of amides is 1. The molecule has 1 aliphatic carbocycles. The Bertz CT molecular complexity index is 712. The van der Waals surface area contributed by atoms with Gasteiger partial charge in [0, 0.05) is 23.6 Å². The van der Waals surface area contributed by atoms with Crippen molar-refractivity contribution in [2.24, 2.45) is 0 Å². The molecule has 1 aromatic carbocycles. The van der Waals surface area contributed by atoms with Gasteiger partial charge in [0.05, 0.1) is 6.54 Å².